The normalized spacial score (nSPS) is 18.5. The van der Waals surface area contributed by atoms with Crippen molar-refractivity contribution < 1.29 is 28.2 Å². The third-order valence-electron chi connectivity index (χ3n) is 6.06. The Hall–Kier alpha value is -3.33. The molecule has 1 heterocycles. The Balaban J connectivity index is 1.63. The minimum Gasteiger partial charge on any atom is -0.490 e. The molecular formula is C28H31FN2O5S. The molecule has 1 amide bonds. The molecule has 1 saturated heterocycles. The molecule has 2 aliphatic rings. The van der Waals surface area contributed by atoms with Gasteiger partial charge in [-0.1, -0.05) is 37.5 Å². The SMILES string of the molecule is CCOC(=O)COc1ccc(/C=C2\SC(=Nc3ccccc3F)N(C3CCCCC3)C2=O)cc1OCC. The number of amidine groups is 1. The van der Waals surface area contributed by atoms with Crippen molar-refractivity contribution in [2.75, 3.05) is 19.8 Å². The molecule has 2 aromatic carbocycles. The van der Waals surface area contributed by atoms with Gasteiger partial charge in [-0.2, -0.15) is 0 Å². The summed E-state index contributed by atoms with van der Waals surface area (Å²) in [5, 5.41) is 0.493. The lowest BCUT2D eigenvalue weighted by atomic mass is 9.94. The molecule has 0 atom stereocenters. The minimum absolute atomic E-state index is 0.0443. The van der Waals surface area contributed by atoms with Gasteiger partial charge in [0.1, 0.15) is 11.5 Å². The number of ether oxygens (including phenoxy) is 3. The van der Waals surface area contributed by atoms with E-state index in [4.69, 9.17) is 14.2 Å². The zero-order chi connectivity index (χ0) is 26.2. The molecule has 4 rings (SSSR count). The Bertz CT molecular complexity index is 1190. The van der Waals surface area contributed by atoms with Gasteiger partial charge in [0.2, 0.25) is 0 Å². The van der Waals surface area contributed by atoms with Crippen LogP contribution in [0.2, 0.25) is 0 Å². The van der Waals surface area contributed by atoms with Crippen LogP contribution in [0.5, 0.6) is 11.5 Å². The van der Waals surface area contributed by atoms with E-state index in [1.165, 1.54) is 17.8 Å². The maximum absolute atomic E-state index is 14.4. The molecule has 196 valence electrons. The Morgan fingerprint density at radius 2 is 1.86 bits per heavy atom. The highest BCUT2D eigenvalue weighted by Crippen LogP contribution is 2.39. The summed E-state index contributed by atoms with van der Waals surface area (Å²) >= 11 is 1.25. The first kappa shape index (κ1) is 26.7. The van der Waals surface area contributed by atoms with E-state index in [0.29, 0.717) is 28.2 Å². The van der Waals surface area contributed by atoms with Gasteiger partial charge in [0.25, 0.3) is 5.91 Å². The molecule has 9 heteroatoms. The fourth-order valence-electron chi connectivity index (χ4n) is 4.36. The first-order valence-electron chi connectivity index (χ1n) is 12.6. The summed E-state index contributed by atoms with van der Waals surface area (Å²) in [5.41, 5.74) is 0.945. The Morgan fingerprint density at radius 3 is 2.59 bits per heavy atom. The van der Waals surface area contributed by atoms with Crippen LogP contribution in [0.3, 0.4) is 0 Å². The van der Waals surface area contributed by atoms with E-state index in [9.17, 15) is 14.0 Å². The van der Waals surface area contributed by atoms with Crippen LogP contribution >= 0.6 is 11.8 Å². The largest absolute Gasteiger partial charge is 0.490 e. The molecule has 0 unspecified atom stereocenters. The lowest BCUT2D eigenvalue weighted by Crippen LogP contribution is -2.40. The zero-order valence-electron chi connectivity index (χ0n) is 21.1. The fraction of sp³-hybridized carbons (Fsp3) is 0.393. The molecule has 7 nitrogen and oxygen atoms in total. The maximum Gasteiger partial charge on any atom is 0.344 e. The number of thioether (sulfide) groups is 1. The second-order valence-electron chi connectivity index (χ2n) is 8.66. The highest BCUT2D eigenvalue weighted by atomic mass is 32.2. The van der Waals surface area contributed by atoms with Crippen molar-refractivity contribution in [3.8, 4) is 11.5 Å². The van der Waals surface area contributed by atoms with E-state index < -0.39 is 11.8 Å². The topological polar surface area (TPSA) is 77.4 Å². The summed E-state index contributed by atoms with van der Waals surface area (Å²) in [6, 6.07) is 11.6. The number of amides is 1. The van der Waals surface area contributed by atoms with Crippen LogP contribution in [0.15, 0.2) is 52.4 Å². The molecular weight excluding hydrogens is 495 g/mol. The van der Waals surface area contributed by atoms with E-state index in [1.54, 1.807) is 54.3 Å². The first-order valence-corrected chi connectivity index (χ1v) is 13.4. The predicted molar refractivity (Wildman–Crippen MR) is 143 cm³/mol. The maximum atomic E-state index is 14.4. The number of hydrogen-bond donors (Lipinski definition) is 0. The summed E-state index contributed by atoms with van der Waals surface area (Å²) in [6.45, 7) is 4.03. The number of esters is 1. The standard InChI is InChI=1S/C28H31FN2O5S/c1-3-34-24-16-19(14-15-23(24)36-18-26(32)35-4-2)17-25-27(33)31(20-10-6-5-7-11-20)28(37-25)30-22-13-9-8-12-21(22)29/h8-9,12-17,20H,3-7,10-11,18H2,1-2H3/b25-17-,30-28?. The quantitative estimate of drug-likeness (QED) is 0.290. The van der Waals surface area contributed by atoms with Gasteiger partial charge in [-0.25, -0.2) is 14.2 Å². The van der Waals surface area contributed by atoms with Crippen LogP contribution in [0.1, 0.15) is 51.5 Å². The van der Waals surface area contributed by atoms with Crippen molar-refractivity contribution in [3.05, 3.63) is 58.8 Å². The van der Waals surface area contributed by atoms with Crippen molar-refractivity contribution in [2.45, 2.75) is 52.0 Å². The number of para-hydroxylation sites is 1. The highest BCUT2D eigenvalue weighted by molar-refractivity contribution is 8.18. The lowest BCUT2D eigenvalue weighted by Gasteiger charge is -2.30. The number of rotatable bonds is 9. The number of carbonyl (C=O) groups is 2. The van der Waals surface area contributed by atoms with Gasteiger partial charge in [-0.3, -0.25) is 9.69 Å². The van der Waals surface area contributed by atoms with E-state index in [2.05, 4.69) is 4.99 Å². The van der Waals surface area contributed by atoms with Crippen molar-refractivity contribution in [2.24, 2.45) is 4.99 Å². The van der Waals surface area contributed by atoms with Crippen LogP contribution in [0.4, 0.5) is 10.1 Å². The summed E-state index contributed by atoms with van der Waals surface area (Å²) in [6.07, 6.45) is 6.84. The number of benzene rings is 2. The third-order valence-corrected chi connectivity index (χ3v) is 7.04. The van der Waals surface area contributed by atoms with Gasteiger partial charge in [0.15, 0.2) is 23.3 Å². The predicted octanol–water partition coefficient (Wildman–Crippen LogP) is 6.10. The smallest absolute Gasteiger partial charge is 0.344 e. The highest BCUT2D eigenvalue weighted by Gasteiger charge is 2.38. The average molecular weight is 527 g/mol. The monoisotopic (exact) mass is 526 g/mol. The summed E-state index contributed by atoms with van der Waals surface area (Å²) < 4.78 is 30.6. The van der Waals surface area contributed by atoms with Crippen molar-refractivity contribution in [1.82, 2.24) is 4.90 Å². The average Bonchev–Trinajstić information content (AvgIpc) is 3.20. The Kier molecular flexibility index (Phi) is 9.22. The Labute approximate surface area is 220 Å². The van der Waals surface area contributed by atoms with Gasteiger partial charge in [-0.05, 0) is 74.4 Å². The summed E-state index contributed by atoms with van der Waals surface area (Å²) in [4.78, 5) is 32.0. The van der Waals surface area contributed by atoms with Gasteiger partial charge >= 0.3 is 5.97 Å². The molecule has 0 bridgehead atoms. The minimum atomic E-state index is -0.464. The van der Waals surface area contributed by atoms with Crippen LogP contribution in [0.25, 0.3) is 6.08 Å². The zero-order valence-corrected chi connectivity index (χ0v) is 21.9. The van der Waals surface area contributed by atoms with Crippen LogP contribution in [-0.4, -0.2) is 47.8 Å². The van der Waals surface area contributed by atoms with Gasteiger partial charge in [0, 0.05) is 6.04 Å². The molecule has 1 aliphatic heterocycles. The molecule has 0 aromatic heterocycles. The number of aliphatic imine (C=N–C) groups is 1. The van der Waals surface area contributed by atoms with E-state index in [1.807, 2.05) is 6.92 Å². The van der Waals surface area contributed by atoms with Crippen LogP contribution in [-0.2, 0) is 14.3 Å². The van der Waals surface area contributed by atoms with Crippen molar-refractivity contribution in [1.29, 1.82) is 0 Å². The number of nitrogens with zero attached hydrogens (tertiary/aromatic N) is 2. The second kappa shape index (κ2) is 12.8. The number of carbonyl (C=O) groups excluding carboxylic acids is 2. The second-order valence-corrected chi connectivity index (χ2v) is 9.67. The molecule has 1 saturated carbocycles. The molecule has 2 fully saturated rings. The van der Waals surface area contributed by atoms with Gasteiger partial charge < -0.3 is 14.2 Å². The lowest BCUT2D eigenvalue weighted by molar-refractivity contribution is -0.145. The summed E-state index contributed by atoms with van der Waals surface area (Å²) in [5.74, 6) is -0.154. The number of halogens is 1. The molecule has 37 heavy (non-hydrogen) atoms. The molecule has 1 aliphatic carbocycles. The van der Waals surface area contributed by atoms with Crippen molar-refractivity contribution >= 4 is 40.6 Å². The van der Waals surface area contributed by atoms with E-state index in [0.717, 1.165) is 37.7 Å². The third kappa shape index (κ3) is 6.71. The van der Waals surface area contributed by atoms with Crippen LogP contribution in [0, 0.1) is 5.82 Å². The van der Waals surface area contributed by atoms with Crippen LogP contribution < -0.4 is 9.47 Å². The molecule has 2 aromatic rings. The fourth-order valence-corrected chi connectivity index (χ4v) is 5.42. The number of hydrogen-bond acceptors (Lipinski definition) is 7. The van der Waals surface area contributed by atoms with Gasteiger partial charge in [0.05, 0.1) is 18.1 Å². The molecule has 0 radical (unpaired) electrons. The van der Waals surface area contributed by atoms with E-state index in [-0.39, 0.29) is 30.9 Å². The molecule has 0 N–H and O–H groups in total. The van der Waals surface area contributed by atoms with Crippen molar-refractivity contribution in [3.63, 3.8) is 0 Å². The molecule has 0 spiro atoms. The van der Waals surface area contributed by atoms with Gasteiger partial charge in [-0.15, -0.1) is 0 Å². The Morgan fingerprint density at radius 1 is 1.08 bits per heavy atom. The van der Waals surface area contributed by atoms with E-state index >= 15 is 0 Å². The first-order chi connectivity index (χ1) is 18.0. The summed E-state index contributed by atoms with van der Waals surface area (Å²) in [7, 11) is 0.